The monoisotopic (exact) mass is 459 g/mol. The molecule has 1 aromatic carbocycles. The Morgan fingerprint density at radius 3 is 2.73 bits per heavy atom. The van der Waals surface area contributed by atoms with E-state index in [0.29, 0.717) is 13.2 Å². The number of hydrogen-bond donors (Lipinski definition) is 1. The molecule has 1 fully saturated rings. The Bertz CT molecular complexity index is 889. The number of hydrogen-bond acceptors (Lipinski definition) is 5. The molecule has 1 aromatic heterocycles. The summed E-state index contributed by atoms with van der Waals surface area (Å²) in [5.41, 5.74) is 1.71. The van der Waals surface area contributed by atoms with E-state index in [0.717, 1.165) is 67.7 Å². The van der Waals surface area contributed by atoms with Crippen LogP contribution in [0.25, 0.3) is 10.9 Å². The van der Waals surface area contributed by atoms with Crippen LogP contribution in [0.1, 0.15) is 56.9 Å². The zero-order chi connectivity index (χ0) is 23.8. The molecular formula is C26H41N3O4. The molecule has 2 atom stereocenters. The van der Waals surface area contributed by atoms with Crippen molar-refractivity contribution in [3.05, 3.63) is 30.0 Å². The highest BCUT2D eigenvalue weighted by Gasteiger charge is 2.31. The minimum Gasteiger partial charge on any atom is -0.489 e. The number of aromatic nitrogens is 1. The normalized spacial score (nSPS) is 17.5. The van der Waals surface area contributed by atoms with Crippen molar-refractivity contribution in [2.45, 2.75) is 71.2 Å². The molecule has 7 nitrogen and oxygen atoms in total. The van der Waals surface area contributed by atoms with Crippen molar-refractivity contribution in [3.63, 3.8) is 0 Å². The van der Waals surface area contributed by atoms with Crippen LogP contribution in [0, 0.1) is 0 Å². The van der Waals surface area contributed by atoms with Gasteiger partial charge < -0.3 is 29.0 Å². The number of para-hydroxylation sites is 1. The minimum atomic E-state index is -0.0123. The molecule has 1 aliphatic rings. The number of ether oxygens (including phenoxy) is 3. The van der Waals surface area contributed by atoms with Crippen molar-refractivity contribution in [1.82, 2.24) is 14.8 Å². The molecule has 1 saturated heterocycles. The molecule has 3 rings (SSSR count). The summed E-state index contributed by atoms with van der Waals surface area (Å²) in [6.07, 6.45) is 3.98. The number of carbonyl (C=O) groups is 1. The van der Waals surface area contributed by atoms with E-state index in [1.54, 1.807) is 14.2 Å². The number of benzene rings is 1. The van der Waals surface area contributed by atoms with Crippen LogP contribution < -0.4 is 10.1 Å². The van der Waals surface area contributed by atoms with Gasteiger partial charge in [0.05, 0.1) is 11.6 Å². The first-order chi connectivity index (χ1) is 16.0. The van der Waals surface area contributed by atoms with Gasteiger partial charge in [-0.15, -0.1) is 0 Å². The average molecular weight is 460 g/mol. The van der Waals surface area contributed by atoms with Crippen LogP contribution in [0.2, 0.25) is 0 Å². The Morgan fingerprint density at radius 2 is 2.06 bits per heavy atom. The summed E-state index contributed by atoms with van der Waals surface area (Å²) in [5, 5.41) is 4.49. The summed E-state index contributed by atoms with van der Waals surface area (Å²) in [6.45, 7) is 9.99. The molecule has 1 amide bonds. The lowest BCUT2D eigenvalue weighted by molar-refractivity contribution is 0.0562. The van der Waals surface area contributed by atoms with Crippen molar-refractivity contribution in [1.29, 1.82) is 0 Å². The van der Waals surface area contributed by atoms with Gasteiger partial charge in [-0.05, 0) is 65.1 Å². The second-order valence-corrected chi connectivity index (χ2v) is 9.24. The second kappa shape index (κ2) is 12.4. The van der Waals surface area contributed by atoms with E-state index in [-0.39, 0.29) is 24.1 Å². The highest BCUT2D eigenvalue weighted by Crippen LogP contribution is 2.31. The Balaban J connectivity index is 2.00. The van der Waals surface area contributed by atoms with Crippen molar-refractivity contribution in [3.8, 4) is 5.75 Å². The van der Waals surface area contributed by atoms with Gasteiger partial charge in [-0.3, -0.25) is 4.79 Å². The first-order valence-electron chi connectivity index (χ1n) is 12.3. The fourth-order valence-corrected chi connectivity index (χ4v) is 4.63. The number of aryl methyl sites for hydroxylation is 1. The maximum Gasteiger partial charge on any atom is 0.271 e. The van der Waals surface area contributed by atoms with Gasteiger partial charge >= 0.3 is 0 Å². The van der Waals surface area contributed by atoms with E-state index in [1.807, 2.05) is 25.1 Å². The molecule has 0 saturated carbocycles. The summed E-state index contributed by atoms with van der Waals surface area (Å²) in [5.74, 6) is 0.885. The summed E-state index contributed by atoms with van der Waals surface area (Å²) >= 11 is 0. The first kappa shape index (κ1) is 25.5. The molecule has 7 heteroatoms. The Kier molecular flexibility index (Phi) is 9.59. The van der Waals surface area contributed by atoms with E-state index in [9.17, 15) is 4.79 Å². The third kappa shape index (κ3) is 6.28. The molecule has 0 spiro atoms. The van der Waals surface area contributed by atoms with Crippen LogP contribution in [-0.2, 0) is 16.0 Å². The van der Waals surface area contributed by atoms with Crippen LogP contribution in [-0.4, -0.2) is 74.1 Å². The number of carbonyl (C=O) groups excluding carboxylic acids is 1. The summed E-state index contributed by atoms with van der Waals surface area (Å²) in [7, 11) is 3.41. The van der Waals surface area contributed by atoms with Gasteiger partial charge in [0.25, 0.3) is 5.91 Å². The summed E-state index contributed by atoms with van der Waals surface area (Å²) < 4.78 is 18.9. The van der Waals surface area contributed by atoms with Gasteiger partial charge in [0, 0.05) is 51.4 Å². The van der Waals surface area contributed by atoms with E-state index < -0.39 is 0 Å². The van der Waals surface area contributed by atoms with Crippen molar-refractivity contribution in [2.75, 3.05) is 40.5 Å². The molecule has 0 aliphatic carbocycles. The summed E-state index contributed by atoms with van der Waals surface area (Å²) in [6, 6.07) is 8.41. The smallest absolute Gasteiger partial charge is 0.271 e. The summed E-state index contributed by atoms with van der Waals surface area (Å²) in [4.78, 5) is 16.0. The van der Waals surface area contributed by atoms with Crippen LogP contribution in [0.3, 0.4) is 0 Å². The third-order valence-electron chi connectivity index (χ3n) is 6.41. The molecule has 184 valence electrons. The maximum absolute atomic E-state index is 14.0. The lowest BCUT2D eigenvalue weighted by atomic mass is 10.0. The van der Waals surface area contributed by atoms with E-state index >= 15 is 0 Å². The number of rotatable bonds is 12. The molecule has 2 heterocycles. The number of fused-ring (bicyclic) bond motifs is 1. The number of nitrogens with zero attached hydrogens (tertiary/aromatic N) is 2. The molecular weight excluding hydrogens is 418 g/mol. The predicted octanol–water partition coefficient (Wildman–Crippen LogP) is 4.08. The quantitative estimate of drug-likeness (QED) is 0.485. The SMILES string of the molecule is COCCCCn1c(C(=O)N(C(C)C)[C@@H]2CCCNC2)cc2cccc(OCC(C)OC)c21. The van der Waals surface area contributed by atoms with Crippen molar-refractivity contribution in [2.24, 2.45) is 0 Å². The predicted molar refractivity (Wildman–Crippen MR) is 132 cm³/mol. The fourth-order valence-electron chi connectivity index (χ4n) is 4.63. The zero-order valence-electron chi connectivity index (χ0n) is 20.9. The Morgan fingerprint density at radius 1 is 1.24 bits per heavy atom. The van der Waals surface area contributed by atoms with Crippen LogP contribution in [0.15, 0.2) is 24.3 Å². The molecule has 0 radical (unpaired) electrons. The topological polar surface area (TPSA) is 65.0 Å². The van der Waals surface area contributed by atoms with Gasteiger partial charge in [0.2, 0.25) is 0 Å². The number of amides is 1. The second-order valence-electron chi connectivity index (χ2n) is 9.24. The van der Waals surface area contributed by atoms with Crippen molar-refractivity contribution < 1.29 is 19.0 Å². The first-order valence-corrected chi connectivity index (χ1v) is 12.3. The molecule has 2 aromatic rings. The van der Waals surface area contributed by atoms with Gasteiger partial charge in [0.15, 0.2) is 0 Å². The average Bonchev–Trinajstić information content (AvgIpc) is 3.20. The van der Waals surface area contributed by atoms with Gasteiger partial charge in [-0.1, -0.05) is 12.1 Å². The lowest BCUT2D eigenvalue weighted by Crippen LogP contribution is -2.52. The van der Waals surface area contributed by atoms with E-state index in [2.05, 4.69) is 34.7 Å². The van der Waals surface area contributed by atoms with Gasteiger partial charge in [-0.25, -0.2) is 0 Å². The molecule has 1 N–H and O–H groups in total. The van der Waals surface area contributed by atoms with Crippen molar-refractivity contribution >= 4 is 16.8 Å². The molecule has 33 heavy (non-hydrogen) atoms. The van der Waals surface area contributed by atoms with E-state index in [4.69, 9.17) is 14.2 Å². The number of nitrogens with one attached hydrogen (secondary N) is 1. The number of methoxy groups -OCH3 is 2. The highest BCUT2D eigenvalue weighted by atomic mass is 16.5. The fraction of sp³-hybridized carbons (Fsp3) is 0.654. The van der Waals surface area contributed by atoms with E-state index in [1.165, 1.54) is 0 Å². The largest absolute Gasteiger partial charge is 0.489 e. The van der Waals surface area contributed by atoms with Crippen LogP contribution >= 0.6 is 0 Å². The van der Waals surface area contributed by atoms with Gasteiger partial charge in [0.1, 0.15) is 18.1 Å². The number of unbranched alkanes of at least 4 members (excludes halogenated alkanes) is 1. The number of piperidine rings is 1. The lowest BCUT2D eigenvalue weighted by Gasteiger charge is -2.37. The zero-order valence-corrected chi connectivity index (χ0v) is 20.9. The Hall–Kier alpha value is -2.09. The van der Waals surface area contributed by atoms with Gasteiger partial charge in [-0.2, -0.15) is 0 Å². The highest BCUT2D eigenvalue weighted by molar-refractivity contribution is 6.00. The molecule has 1 aliphatic heterocycles. The minimum absolute atomic E-state index is 0.0123. The molecule has 1 unspecified atom stereocenters. The van der Waals surface area contributed by atoms with Crippen LogP contribution in [0.5, 0.6) is 5.75 Å². The Labute approximate surface area is 198 Å². The standard InChI is InChI=1S/C26H41N3O4/c1-19(2)29(22-11-9-13-27-17-22)26(30)23-16-21-10-8-12-24(33-18-20(3)32-5)25(21)28(23)14-6-7-15-31-4/h8,10,12,16,19-20,22,27H,6-7,9,11,13-15,17-18H2,1-5H3/t20?,22-/m1/s1. The van der Waals surface area contributed by atoms with Crippen LogP contribution in [0.4, 0.5) is 0 Å². The third-order valence-corrected chi connectivity index (χ3v) is 6.41. The molecule has 0 bridgehead atoms. The maximum atomic E-state index is 14.0.